The van der Waals surface area contributed by atoms with Gasteiger partial charge in [-0.15, -0.1) is 11.6 Å². The van der Waals surface area contributed by atoms with Crippen LogP contribution >= 0.6 is 34.2 Å². The first kappa shape index (κ1) is 13.7. The summed E-state index contributed by atoms with van der Waals surface area (Å²) < 4.78 is 3.54. The van der Waals surface area contributed by atoms with Crippen LogP contribution < -0.4 is 0 Å². The molecule has 2 atom stereocenters. The van der Waals surface area contributed by atoms with E-state index in [1.54, 1.807) is 0 Å². The van der Waals surface area contributed by atoms with E-state index in [2.05, 4.69) is 59.2 Å². The predicted molar refractivity (Wildman–Crippen MR) is 88.6 cm³/mol. The lowest BCUT2D eigenvalue weighted by Gasteiger charge is -2.11. The van der Waals surface area contributed by atoms with Gasteiger partial charge >= 0.3 is 0 Å². The lowest BCUT2D eigenvalue weighted by atomic mass is 10.1. The molecule has 2 nitrogen and oxygen atoms in total. The van der Waals surface area contributed by atoms with Crippen LogP contribution in [0.4, 0.5) is 0 Å². The Kier molecular flexibility index (Phi) is 3.33. The Hall–Kier alpha value is -0.290. The molecular formula is C15H18ClIN2. The molecule has 1 aliphatic carbocycles. The van der Waals surface area contributed by atoms with Crippen LogP contribution in [0.2, 0.25) is 0 Å². The van der Waals surface area contributed by atoms with E-state index in [4.69, 9.17) is 16.6 Å². The van der Waals surface area contributed by atoms with Crippen LogP contribution in [-0.4, -0.2) is 9.55 Å². The van der Waals surface area contributed by atoms with Gasteiger partial charge in [0.2, 0.25) is 0 Å². The van der Waals surface area contributed by atoms with Crippen molar-refractivity contribution in [1.29, 1.82) is 0 Å². The standard InChI is InChI=1S/C15H18ClIN2/c1-9(16)14-18-12-6-11(17)4-5-13(12)19(14)8-10-7-15(10,2)3/h4-6,9-10H,7-8H2,1-3H3. The number of aromatic nitrogens is 2. The maximum atomic E-state index is 6.31. The summed E-state index contributed by atoms with van der Waals surface area (Å²) in [4.78, 5) is 4.73. The third-order valence-corrected chi connectivity index (χ3v) is 5.08. The summed E-state index contributed by atoms with van der Waals surface area (Å²) in [5.74, 6) is 1.75. The van der Waals surface area contributed by atoms with Gasteiger partial charge in [-0.05, 0) is 65.5 Å². The summed E-state index contributed by atoms with van der Waals surface area (Å²) in [5, 5.41) is -0.0491. The van der Waals surface area contributed by atoms with Gasteiger partial charge in [0, 0.05) is 10.1 Å². The number of fused-ring (bicyclic) bond motifs is 1. The highest BCUT2D eigenvalue weighted by Gasteiger charge is 2.45. The molecule has 0 bridgehead atoms. The number of rotatable bonds is 3. The molecule has 2 aromatic rings. The first-order valence-electron chi connectivity index (χ1n) is 6.68. The summed E-state index contributed by atoms with van der Waals surface area (Å²) in [7, 11) is 0. The van der Waals surface area contributed by atoms with Gasteiger partial charge in [0.25, 0.3) is 0 Å². The molecule has 0 radical (unpaired) electrons. The number of benzene rings is 1. The van der Waals surface area contributed by atoms with Crippen molar-refractivity contribution in [1.82, 2.24) is 9.55 Å². The van der Waals surface area contributed by atoms with Gasteiger partial charge in [-0.1, -0.05) is 13.8 Å². The average molecular weight is 389 g/mol. The molecule has 4 heteroatoms. The molecule has 1 saturated carbocycles. The third kappa shape index (κ3) is 2.51. The molecule has 1 aliphatic rings. The minimum absolute atomic E-state index is 0.0491. The van der Waals surface area contributed by atoms with Crippen LogP contribution in [0.1, 0.15) is 38.4 Å². The highest BCUT2D eigenvalue weighted by atomic mass is 127. The summed E-state index contributed by atoms with van der Waals surface area (Å²) in [5.41, 5.74) is 2.76. The van der Waals surface area contributed by atoms with Crippen molar-refractivity contribution in [3.05, 3.63) is 27.6 Å². The molecule has 19 heavy (non-hydrogen) atoms. The number of nitrogens with zero attached hydrogens (tertiary/aromatic N) is 2. The van der Waals surface area contributed by atoms with E-state index in [1.165, 1.54) is 15.5 Å². The van der Waals surface area contributed by atoms with E-state index < -0.39 is 0 Å². The zero-order chi connectivity index (χ0) is 13.8. The Morgan fingerprint density at radius 2 is 2.21 bits per heavy atom. The van der Waals surface area contributed by atoms with E-state index in [-0.39, 0.29) is 5.38 Å². The summed E-state index contributed by atoms with van der Waals surface area (Å²) in [6.07, 6.45) is 1.30. The number of halogens is 2. The maximum absolute atomic E-state index is 6.31. The van der Waals surface area contributed by atoms with E-state index in [0.717, 1.165) is 23.8 Å². The summed E-state index contributed by atoms with van der Waals surface area (Å²) in [6, 6.07) is 6.44. The molecule has 1 heterocycles. The summed E-state index contributed by atoms with van der Waals surface area (Å²) >= 11 is 8.64. The lowest BCUT2D eigenvalue weighted by Crippen LogP contribution is -2.08. The molecule has 1 aromatic heterocycles. The highest BCUT2D eigenvalue weighted by Crippen LogP contribution is 2.53. The van der Waals surface area contributed by atoms with Gasteiger partial charge in [0.15, 0.2) is 0 Å². The second-order valence-corrected chi connectivity index (χ2v) is 8.12. The van der Waals surface area contributed by atoms with Crippen LogP contribution in [0.5, 0.6) is 0 Å². The van der Waals surface area contributed by atoms with Gasteiger partial charge in [-0.25, -0.2) is 4.98 Å². The largest absolute Gasteiger partial charge is 0.326 e. The number of imidazole rings is 1. The molecule has 2 unspecified atom stereocenters. The van der Waals surface area contributed by atoms with Crippen molar-refractivity contribution in [2.45, 2.75) is 39.1 Å². The normalized spacial score (nSPS) is 22.7. The monoisotopic (exact) mass is 388 g/mol. The fraction of sp³-hybridized carbons (Fsp3) is 0.533. The van der Waals surface area contributed by atoms with Crippen molar-refractivity contribution in [2.75, 3.05) is 0 Å². The number of hydrogen-bond donors (Lipinski definition) is 0. The van der Waals surface area contributed by atoms with Crippen molar-refractivity contribution in [2.24, 2.45) is 11.3 Å². The van der Waals surface area contributed by atoms with Crippen molar-refractivity contribution in [3.8, 4) is 0 Å². The SMILES string of the molecule is CC(Cl)c1nc2cc(I)ccc2n1CC1CC1(C)C. The van der Waals surface area contributed by atoms with Crippen LogP contribution in [0.15, 0.2) is 18.2 Å². The van der Waals surface area contributed by atoms with E-state index in [0.29, 0.717) is 5.41 Å². The molecule has 0 aliphatic heterocycles. The minimum atomic E-state index is -0.0491. The van der Waals surface area contributed by atoms with Crippen LogP contribution in [0, 0.1) is 14.9 Å². The molecular weight excluding hydrogens is 371 g/mol. The first-order valence-corrected chi connectivity index (χ1v) is 8.20. The van der Waals surface area contributed by atoms with Crippen molar-refractivity contribution < 1.29 is 0 Å². The molecule has 0 N–H and O–H groups in total. The quantitative estimate of drug-likeness (QED) is 0.535. The second-order valence-electron chi connectivity index (χ2n) is 6.22. The fourth-order valence-corrected chi connectivity index (χ4v) is 3.37. The zero-order valence-electron chi connectivity index (χ0n) is 11.5. The Bertz CT molecular complexity index is 630. The second kappa shape index (κ2) is 4.62. The fourth-order valence-electron chi connectivity index (χ4n) is 2.73. The van der Waals surface area contributed by atoms with E-state index in [9.17, 15) is 0 Å². The van der Waals surface area contributed by atoms with Gasteiger partial charge in [-0.2, -0.15) is 0 Å². The predicted octanol–water partition coefficient (Wildman–Crippen LogP) is 4.99. The minimum Gasteiger partial charge on any atom is -0.326 e. The Morgan fingerprint density at radius 1 is 1.53 bits per heavy atom. The molecule has 1 aromatic carbocycles. The van der Waals surface area contributed by atoms with E-state index in [1.807, 2.05) is 6.92 Å². The molecule has 0 saturated heterocycles. The number of hydrogen-bond acceptors (Lipinski definition) is 1. The highest BCUT2D eigenvalue weighted by molar-refractivity contribution is 14.1. The lowest BCUT2D eigenvalue weighted by molar-refractivity contribution is 0.495. The Labute approximate surface area is 132 Å². The summed E-state index contributed by atoms with van der Waals surface area (Å²) in [6.45, 7) is 7.71. The van der Waals surface area contributed by atoms with Crippen molar-refractivity contribution in [3.63, 3.8) is 0 Å². The van der Waals surface area contributed by atoms with Gasteiger partial charge in [0.05, 0.1) is 16.4 Å². The topological polar surface area (TPSA) is 17.8 Å². The smallest absolute Gasteiger partial charge is 0.127 e. The van der Waals surface area contributed by atoms with Gasteiger partial charge in [-0.3, -0.25) is 0 Å². The third-order valence-electron chi connectivity index (χ3n) is 4.22. The van der Waals surface area contributed by atoms with Crippen LogP contribution in [-0.2, 0) is 6.54 Å². The molecule has 3 rings (SSSR count). The maximum Gasteiger partial charge on any atom is 0.127 e. The van der Waals surface area contributed by atoms with Crippen LogP contribution in [0.25, 0.3) is 11.0 Å². The molecule has 1 fully saturated rings. The molecule has 0 spiro atoms. The van der Waals surface area contributed by atoms with Gasteiger partial charge < -0.3 is 4.57 Å². The van der Waals surface area contributed by atoms with E-state index >= 15 is 0 Å². The molecule has 102 valence electrons. The molecule has 0 amide bonds. The number of alkyl halides is 1. The van der Waals surface area contributed by atoms with Crippen LogP contribution in [0.3, 0.4) is 0 Å². The average Bonchev–Trinajstić information content (AvgIpc) is 2.77. The van der Waals surface area contributed by atoms with Crippen molar-refractivity contribution >= 4 is 45.2 Å². The zero-order valence-corrected chi connectivity index (χ0v) is 14.4. The Morgan fingerprint density at radius 3 is 2.79 bits per heavy atom. The first-order chi connectivity index (χ1) is 8.88. The Balaban J connectivity index is 2.07. The van der Waals surface area contributed by atoms with Gasteiger partial charge in [0.1, 0.15) is 5.82 Å².